The first kappa shape index (κ1) is 19.4. The predicted octanol–water partition coefficient (Wildman–Crippen LogP) is 5.47. The molecule has 5 nitrogen and oxygen atoms in total. The van der Waals surface area contributed by atoms with E-state index < -0.39 is 0 Å². The molecule has 0 saturated carbocycles. The van der Waals surface area contributed by atoms with Gasteiger partial charge in [0.1, 0.15) is 11.6 Å². The Morgan fingerprint density at radius 3 is 2.55 bits per heavy atom. The minimum atomic E-state index is -0.337. The lowest BCUT2D eigenvalue weighted by Crippen LogP contribution is -2.30. The molecule has 1 aromatic heterocycles. The first-order valence-electron chi connectivity index (χ1n) is 10.2. The minimum Gasteiger partial charge on any atom is -0.339 e. The van der Waals surface area contributed by atoms with Crippen molar-refractivity contribution >= 4 is 22.4 Å². The number of halogens is 2. The number of amides is 1. The molecule has 1 amide bonds. The number of aromatic nitrogens is 2. The molecule has 1 aliphatic heterocycles. The summed E-state index contributed by atoms with van der Waals surface area (Å²) in [7, 11) is 0. The third-order valence-electron chi connectivity index (χ3n) is 5.70. The van der Waals surface area contributed by atoms with Gasteiger partial charge in [0, 0.05) is 35.5 Å². The topological polar surface area (TPSA) is 59.2 Å². The van der Waals surface area contributed by atoms with E-state index in [0.29, 0.717) is 40.3 Å². The van der Waals surface area contributed by atoms with Crippen LogP contribution in [0.15, 0.2) is 65.2 Å². The lowest BCUT2D eigenvalue weighted by Gasteiger charge is -2.20. The highest BCUT2D eigenvalue weighted by Gasteiger charge is 2.29. The molecule has 0 radical (unpaired) electrons. The van der Waals surface area contributed by atoms with Crippen LogP contribution in [0.5, 0.6) is 0 Å². The number of anilines is 1. The summed E-state index contributed by atoms with van der Waals surface area (Å²) in [4.78, 5) is 19.1. The van der Waals surface area contributed by atoms with Crippen molar-refractivity contribution in [2.75, 3.05) is 11.4 Å². The molecular formula is C24H19F2N3O2. The molecule has 4 aromatic rings. The van der Waals surface area contributed by atoms with E-state index in [1.54, 1.807) is 35.2 Å². The average Bonchev–Trinajstić information content (AvgIpc) is 3.19. The Bertz CT molecular complexity index is 1250. The number of hydrogen-bond acceptors (Lipinski definition) is 4. The second kappa shape index (κ2) is 7.91. The zero-order valence-corrected chi connectivity index (χ0v) is 16.6. The first-order valence-corrected chi connectivity index (χ1v) is 10.2. The van der Waals surface area contributed by atoms with E-state index in [0.717, 1.165) is 12.8 Å². The Morgan fingerprint density at radius 1 is 0.968 bits per heavy atom. The van der Waals surface area contributed by atoms with Crippen LogP contribution in [-0.2, 0) is 4.79 Å². The van der Waals surface area contributed by atoms with Gasteiger partial charge in [-0.1, -0.05) is 29.4 Å². The summed E-state index contributed by atoms with van der Waals surface area (Å²) >= 11 is 0. The summed E-state index contributed by atoms with van der Waals surface area (Å²) < 4.78 is 32.9. The zero-order valence-electron chi connectivity index (χ0n) is 16.6. The molecule has 1 unspecified atom stereocenters. The summed E-state index contributed by atoms with van der Waals surface area (Å²) in [5, 5.41) is 5.30. The molecule has 0 bridgehead atoms. The number of carbonyl (C=O) groups excluding carboxylic acids is 1. The van der Waals surface area contributed by atoms with Crippen molar-refractivity contribution < 1.29 is 18.1 Å². The van der Waals surface area contributed by atoms with Gasteiger partial charge in [-0.2, -0.15) is 4.98 Å². The molecule has 156 valence electrons. The van der Waals surface area contributed by atoms with Gasteiger partial charge in [0.15, 0.2) is 0 Å². The summed E-state index contributed by atoms with van der Waals surface area (Å²) in [5.41, 5.74) is 1.36. The van der Waals surface area contributed by atoms with Crippen molar-refractivity contribution in [3.8, 4) is 11.4 Å². The maximum atomic E-state index is 14.1. The fourth-order valence-electron chi connectivity index (χ4n) is 4.12. The lowest BCUT2D eigenvalue weighted by molar-refractivity contribution is -0.118. The molecular weight excluding hydrogens is 400 g/mol. The molecule has 2 heterocycles. The van der Waals surface area contributed by atoms with Gasteiger partial charge in [0.2, 0.25) is 17.6 Å². The summed E-state index contributed by atoms with van der Waals surface area (Å²) in [5.74, 6) is -0.142. The maximum Gasteiger partial charge on any atom is 0.230 e. The minimum absolute atomic E-state index is 0.0684. The summed E-state index contributed by atoms with van der Waals surface area (Å²) in [6, 6.07) is 16.1. The van der Waals surface area contributed by atoms with Crippen LogP contribution in [-0.4, -0.2) is 22.6 Å². The standard InChI is InChI=1S/C24H19F2N3O2/c25-16-7-9-17(10-8-16)29-13-3-4-15(14-22(29)30)24-27-23(28-31-24)20-11-12-21(26)19-6-2-1-5-18(19)20/h1-2,5-12,15H,3-4,13-14H2. The van der Waals surface area contributed by atoms with Gasteiger partial charge in [-0.25, -0.2) is 8.78 Å². The van der Waals surface area contributed by atoms with E-state index in [4.69, 9.17) is 4.52 Å². The van der Waals surface area contributed by atoms with Crippen molar-refractivity contribution in [2.24, 2.45) is 0 Å². The van der Waals surface area contributed by atoms with Crippen LogP contribution in [0.4, 0.5) is 14.5 Å². The molecule has 5 rings (SSSR count). The molecule has 31 heavy (non-hydrogen) atoms. The van der Waals surface area contributed by atoms with Crippen LogP contribution in [0.2, 0.25) is 0 Å². The van der Waals surface area contributed by atoms with Gasteiger partial charge in [-0.05, 0) is 54.6 Å². The van der Waals surface area contributed by atoms with Gasteiger partial charge < -0.3 is 9.42 Å². The van der Waals surface area contributed by atoms with E-state index in [-0.39, 0.29) is 29.9 Å². The van der Waals surface area contributed by atoms with E-state index >= 15 is 0 Å². The van der Waals surface area contributed by atoms with Gasteiger partial charge in [-0.15, -0.1) is 0 Å². The van der Waals surface area contributed by atoms with Crippen LogP contribution >= 0.6 is 0 Å². The highest BCUT2D eigenvalue weighted by Crippen LogP contribution is 2.33. The van der Waals surface area contributed by atoms with Crippen LogP contribution in [0.3, 0.4) is 0 Å². The molecule has 1 atom stereocenters. The van der Waals surface area contributed by atoms with Crippen molar-refractivity contribution in [3.63, 3.8) is 0 Å². The van der Waals surface area contributed by atoms with E-state index in [9.17, 15) is 13.6 Å². The molecule has 0 N–H and O–H groups in total. The van der Waals surface area contributed by atoms with Gasteiger partial charge in [0.25, 0.3) is 0 Å². The normalized spacial score (nSPS) is 17.2. The second-order valence-electron chi connectivity index (χ2n) is 7.66. The third kappa shape index (κ3) is 3.67. The number of benzene rings is 3. The number of nitrogens with zero attached hydrogens (tertiary/aromatic N) is 3. The van der Waals surface area contributed by atoms with Crippen molar-refractivity contribution in [1.82, 2.24) is 10.1 Å². The number of carbonyl (C=O) groups is 1. The lowest BCUT2D eigenvalue weighted by atomic mass is 10.0. The fraction of sp³-hybridized carbons (Fsp3) is 0.208. The summed E-state index contributed by atoms with van der Waals surface area (Å²) in [6.45, 7) is 0.546. The number of fused-ring (bicyclic) bond motifs is 1. The molecule has 7 heteroatoms. The highest BCUT2D eigenvalue weighted by molar-refractivity contribution is 5.95. The highest BCUT2D eigenvalue weighted by atomic mass is 19.1. The van der Waals surface area contributed by atoms with Gasteiger partial charge in [-0.3, -0.25) is 4.79 Å². The average molecular weight is 419 g/mol. The van der Waals surface area contributed by atoms with Crippen molar-refractivity contribution in [3.05, 3.63) is 78.2 Å². The Balaban J connectivity index is 1.41. The Hall–Kier alpha value is -3.61. The largest absolute Gasteiger partial charge is 0.339 e. The van der Waals surface area contributed by atoms with Crippen LogP contribution in [0.1, 0.15) is 31.1 Å². The smallest absolute Gasteiger partial charge is 0.230 e. The molecule has 1 aliphatic rings. The third-order valence-corrected chi connectivity index (χ3v) is 5.70. The first-order chi connectivity index (χ1) is 15.1. The van der Waals surface area contributed by atoms with Crippen LogP contribution < -0.4 is 4.90 Å². The molecule has 1 saturated heterocycles. The molecule has 0 spiro atoms. The van der Waals surface area contributed by atoms with Crippen molar-refractivity contribution in [1.29, 1.82) is 0 Å². The van der Waals surface area contributed by atoms with Gasteiger partial charge in [0.05, 0.1) is 0 Å². The molecule has 3 aromatic carbocycles. The van der Waals surface area contributed by atoms with Crippen molar-refractivity contribution in [2.45, 2.75) is 25.2 Å². The molecule has 1 fully saturated rings. The number of hydrogen-bond donors (Lipinski definition) is 0. The van der Waals surface area contributed by atoms with E-state index in [1.165, 1.54) is 18.2 Å². The second-order valence-corrected chi connectivity index (χ2v) is 7.66. The number of rotatable bonds is 3. The van der Waals surface area contributed by atoms with Crippen LogP contribution in [0, 0.1) is 11.6 Å². The zero-order chi connectivity index (χ0) is 21.4. The van der Waals surface area contributed by atoms with Gasteiger partial charge >= 0.3 is 0 Å². The quantitative estimate of drug-likeness (QED) is 0.442. The molecule has 0 aliphatic carbocycles. The maximum absolute atomic E-state index is 14.1. The SMILES string of the molecule is O=C1CC(c2nc(-c3ccc(F)c4ccccc34)no2)CCCN1c1ccc(F)cc1. The Kier molecular flexibility index (Phi) is 4.94. The Morgan fingerprint density at radius 2 is 1.74 bits per heavy atom. The monoisotopic (exact) mass is 419 g/mol. The van der Waals surface area contributed by atoms with E-state index in [1.807, 2.05) is 12.1 Å². The predicted molar refractivity (Wildman–Crippen MR) is 113 cm³/mol. The van der Waals surface area contributed by atoms with E-state index in [2.05, 4.69) is 10.1 Å². The fourth-order valence-corrected chi connectivity index (χ4v) is 4.12. The summed E-state index contributed by atoms with van der Waals surface area (Å²) in [6.07, 6.45) is 1.70. The van der Waals surface area contributed by atoms with Crippen LogP contribution in [0.25, 0.3) is 22.2 Å². The Labute approximate surface area is 177 Å².